The van der Waals surface area contributed by atoms with Crippen molar-refractivity contribution >= 4 is 12.1 Å². The molecule has 4 unspecified atom stereocenters. The van der Waals surface area contributed by atoms with Crippen molar-refractivity contribution in [3.8, 4) is 5.75 Å². The normalized spacial score (nSPS) is 17.0. The molecule has 0 fully saturated rings. The van der Waals surface area contributed by atoms with Crippen LogP contribution in [0, 0.1) is 0 Å². The van der Waals surface area contributed by atoms with Crippen molar-refractivity contribution in [1.82, 2.24) is 5.43 Å². The Kier molecular flexibility index (Phi) is 6.89. The highest BCUT2D eigenvalue weighted by Gasteiger charge is 2.29. The molecular weight excluding hydrogens is 296 g/mol. The van der Waals surface area contributed by atoms with Gasteiger partial charge in [-0.2, -0.15) is 5.10 Å². The lowest BCUT2D eigenvalue weighted by Gasteiger charge is -2.23. The molecule has 0 aliphatic carbocycles. The Balaban J connectivity index is 2.58. The fraction of sp³-hybridized carbons (Fsp3) is 0.385. The van der Waals surface area contributed by atoms with E-state index in [4.69, 9.17) is 10.2 Å². The molecule has 1 aromatic carbocycles. The van der Waals surface area contributed by atoms with Gasteiger partial charge in [-0.1, -0.05) is 12.1 Å². The molecule has 0 saturated heterocycles. The second-order valence-corrected chi connectivity index (χ2v) is 4.46. The number of carbonyl (C=O) groups is 1. The van der Waals surface area contributed by atoms with E-state index in [9.17, 15) is 25.2 Å². The van der Waals surface area contributed by atoms with E-state index in [-0.39, 0.29) is 11.3 Å². The first-order valence-electron chi connectivity index (χ1n) is 6.33. The first-order valence-corrected chi connectivity index (χ1v) is 6.33. The molecule has 9 heteroatoms. The topological polar surface area (TPSA) is 163 Å². The predicted octanol–water partition coefficient (Wildman–Crippen LogP) is -2.46. The Bertz CT molecular complexity index is 523. The minimum Gasteiger partial charge on any atom is -0.507 e. The average molecular weight is 314 g/mol. The Morgan fingerprint density at radius 2 is 1.82 bits per heavy atom. The summed E-state index contributed by atoms with van der Waals surface area (Å²) in [5.74, 6) is -0.996. The molecule has 1 rings (SSSR count). The van der Waals surface area contributed by atoms with Crippen LogP contribution in [0.15, 0.2) is 29.4 Å². The number of para-hydroxylation sites is 1. The Morgan fingerprint density at radius 3 is 2.41 bits per heavy atom. The number of rotatable bonds is 7. The van der Waals surface area contributed by atoms with Gasteiger partial charge in [0.15, 0.2) is 0 Å². The summed E-state index contributed by atoms with van der Waals surface area (Å²) in [6, 6.07) is 5.73. The number of nitrogens with zero attached hydrogens (tertiary/aromatic N) is 1. The van der Waals surface area contributed by atoms with E-state index in [1.165, 1.54) is 24.3 Å². The van der Waals surface area contributed by atoms with Gasteiger partial charge in [-0.3, -0.25) is 4.79 Å². The number of phenols is 1. The molecule has 7 N–H and O–H groups in total. The number of aliphatic hydroxyl groups is 5. The fourth-order valence-electron chi connectivity index (χ4n) is 1.52. The highest BCUT2D eigenvalue weighted by atomic mass is 16.4. The van der Waals surface area contributed by atoms with Crippen LogP contribution in [0.3, 0.4) is 0 Å². The van der Waals surface area contributed by atoms with Gasteiger partial charge in [0.05, 0.1) is 18.4 Å². The minimum atomic E-state index is -1.81. The third-order valence-electron chi connectivity index (χ3n) is 2.82. The Hall–Kier alpha value is -2.04. The van der Waals surface area contributed by atoms with E-state index in [0.29, 0.717) is 0 Å². The van der Waals surface area contributed by atoms with Crippen LogP contribution in [0.1, 0.15) is 10.4 Å². The van der Waals surface area contributed by atoms with E-state index in [1.54, 1.807) is 0 Å². The standard InChI is InChI=1S/C13H18N2O7/c16-6-10(19)12(21)11(20)9(18)5-14-15-13(22)7-3-1-2-4-8(7)17/h1-5,9-12,16-21H,6H2,(H,15,22). The van der Waals surface area contributed by atoms with Gasteiger partial charge in [0, 0.05) is 0 Å². The molecule has 22 heavy (non-hydrogen) atoms. The molecule has 1 amide bonds. The summed E-state index contributed by atoms with van der Waals surface area (Å²) < 4.78 is 0. The smallest absolute Gasteiger partial charge is 0.275 e. The number of aromatic hydroxyl groups is 1. The molecule has 0 heterocycles. The van der Waals surface area contributed by atoms with Crippen molar-refractivity contribution in [2.45, 2.75) is 24.4 Å². The fourth-order valence-corrected chi connectivity index (χ4v) is 1.52. The van der Waals surface area contributed by atoms with Gasteiger partial charge in [-0.05, 0) is 12.1 Å². The number of amides is 1. The van der Waals surface area contributed by atoms with Crippen LogP contribution in [-0.2, 0) is 0 Å². The van der Waals surface area contributed by atoms with E-state index in [2.05, 4.69) is 5.10 Å². The molecule has 4 atom stereocenters. The molecule has 0 bridgehead atoms. The molecule has 0 aromatic heterocycles. The first-order chi connectivity index (χ1) is 10.4. The summed E-state index contributed by atoms with van der Waals surface area (Å²) in [5, 5.41) is 59.0. The summed E-state index contributed by atoms with van der Waals surface area (Å²) >= 11 is 0. The van der Waals surface area contributed by atoms with Crippen LogP contribution in [0.2, 0.25) is 0 Å². The van der Waals surface area contributed by atoms with Crippen LogP contribution >= 0.6 is 0 Å². The molecule has 0 saturated carbocycles. The molecule has 1 aromatic rings. The second-order valence-electron chi connectivity index (χ2n) is 4.46. The van der Waals surface area contributed by atoms with E-state index >= 15 is 0 Å². The van der Waals surface area contributed by atoms with Gasteiger partial charge in [0.25, 0.3) is 5.91 Å². The Labute approximate surface area is 125 Å². The largest absolute Gasteiger partial charge is 0.507 e. The number of hydrazone groups is 1. The zero-order valence-electron chi connectivity index (χ0n) is 11.4. The van der Waals surface area contributed by atoms with Crippen molar-refractivity contribution in [1.29, 1.82) is 0 Å². The molecule has 0 aliphatic heterocycles. The molecule has 0 spiro atoms. The van der Waals surface area contributed by atoms with Gasteiger partial charge in [0.1, 0.15) is 30.2 Å². The number of carbonyl (C=O) groups excluding carboxylic acids is 1. The lowest BCUT2D eigenvalue weighted by Crippen LogP contribution is -2.46. The second kappa shape index (κ2) is 8.41. The maximum atomic E-state index is 11.7. The predicted molar refractivity (Wildman–Crippen MR) is 75.2 cm³/mol. The van der Waals surface area contributed by atoms with Crippen molar-refractivity contribution in [2.24, 2.45) is 5.10 Å². The van der Waals surface area contributed by atoms with Crippen LogP contribution in [-0.4, -0.2) is 73.8 Å². The van der Waals surface area contributed by atoms with Crippen molar-refractivity contribution < 1.29 is 35.4 Å². The molecule has 0 radical (unpaired) electrons. The van der Waals surface area contributed by atoms with E-state index in [0.717, 1.165) is 6.21 Å². The Morgan fingerprint density at radius 1 is 1.18 bits per heavy atom. The minimum absolute atomic E-state index is 0.0366. The number of hydrogen-bond donors (Lipinski definition) is 7. The first kappa shape index (κ1) is 18.0. The zero-order chi connectivity index (χ0) is 16.7. The lowest BCUT2D eigenvalue weighted by atomic mass is 10.0. The quantitative estimate of drug-likeness (QED) is 0.217. The number of nitrogens with one attached hydrogen (secondary N) is 1. The van der Waals surface area contributed by atoms with Gasteiger partial charge in [-0.25, -0.2) is 5.43 Å². The van der Waals surface area contributed by atoms with Gasteiger partial charge < -0.3 is 30.6 Å². The highest BCUT2D eigenvalue weighted by Crippen LogP contribution is 2.14. The number of aliphatic hydroxyl groups excluding tert-OH is 5. The highest BCUT2D eigenvalue weighted by molar-refractivity contribution is 5.96. The summed E-state index contributed by atoms with van der Waals surface area (Å²) in [6.45, 7) is -0.799. The summed E-state index contributed by atoms with van der Waals surface area (Å²) in [4.78, 5) is 11.7. The van der Waals surface area contributed by atoms with E-state index in [1.807, 2.05) is 5.43 Å². The monoisotopic (exact) mass is 314 g/mol. The number of hydrogen-bond acceptors (Lipinski definition) is 8. The average Bonchev–Trinajstić information content (AvgIpc) is 2.52. The molecule has 9 nitrogen and oxygen atoms in total. The van der Waals surface area contributed by atoms with Crippen molar-refractivity contribution in [3.63, 3.8) is 0 Å². The lowest BCUT2D eigenvalue weighted by molar-refractivity contribution is -0.0999. The van der Waals surface area contributed by atoms with Crippen molar-refractivity contribution in [3.05, 3.63) is 29.8 Å². The zero-order valence-corrected chi connectivity index (χ0v) is 11.4. The van der Waals surface area contributed by atoms with E-state index < -0.39 is 36.9 Å². The number of phenolic OH excluding ortho intramolecular Hbond substituents is 1. The SMILES string of the molecule is O=C(NN=CC(O)C(O)C(O)C(O)CO)c1ccccc1O. The maximum absolute atomic E-state index is 11.7. The van der Waals surface area contributed by atoms with Crippen molar-refractivity contribution in [2.75, 3.05) is 6.61 Å². The van der Waals surface area contributed by atoms with Gasteiger partial charge in [-0.15, -0.1) is 0 Å². The summed E-state index contributed by atoms with van der Waals surface area (Å²) in [5.41, 5.74) is 1.98. The molecule has 0 aliphatic rings. The number of benzene rings is 1. The van der Waals surface area contributed by atoms with Gasteiger partial charge in [0.2, 0.25) is 0 Å². The van der Waals surface area contributed by atoms with Crippen LogP contribution in [0.4, 0.5) is 0 Å². The molecule has 122 valence electrons. The molecular formula is C13H18N2O7. The van der Waals surface area contributed by atoms with Gasteiger partial charge >= 0.3 is 0 Å². The van der Waals surface area contributed by atoms with Crippen LogP contribution < -0.4 is 5.43 Å². The third-order valence-corrected chi connectivity index (χ3v) is 2.82. The van der Waals surface area contributed by atoms with Crippen LogP contribution in [0.5, 0.6) is 5.75 Å². The third kappa shape index (κ3) is 4.76. The summed E-state index contributed by atoms with van der Waals surface area (Å²) in [7, 11) is 0. The maximum Gasteiger partial charge on any atom is 0.275 e. The summed E-state index contributed by atoms with van der Waals surface area (Å²) in [6.07, 6.45) is -6.20. The van der Waals surface area contributed by atoms with Crippen LogP contribution in [0.25, 0.3) is 0 Å².